The minimum atomic E-state index is -0.360. The van der Waals surface area contributed by atoms with Gasteiger partial charge in [-0.3, -0.25) is 4.90 Å². The van der Waals surface area contributed by atoms with Crippen molar-refractivity contribution in [2.45, 2.75) is 31.9 Å². The second kappa shape index (κ2) is 7.33. The molecule has 25 heavy (non-hydrogen) atoms. The standard InChI is InChI=1S/C18H21N3O4/c22-18(24-12-16-19-17(25-20-16)13-5-6-13)15-4-2-1-3-14(15)11-21-7-9-23-10-8-21/h1-4,13H,5-12H2. The number of rotatable bonds is 6. The van der Waals surface area contributed by atoms with E-state index in [4.69, 9.17) is 14.0 Å². The summed E-state index contributed by atoms with van der Waals surface area (Å²) in [4.78, 5) is 19.0. The van der Waals surface area contributed by atoms with Gasteiger partial charge in [0.15, 0.2) is 6.61 Å². The summed E-state index contributed by atoms with van der Waals surface area (Å²) in [6.45, 7) is 3.94. The monoisotopic (exact) mass is 343 g/mol. The van der Waals surface area contributed by atoms with Crippen LogP contribution >= 0.6 is 0 Å². The Labute approximate surface area is 145 Å². The Morgan fingerprint density at radius 2 is 2.04 bits per heavy atom. The van der Waals surface area contributed by atoms with Gasteiger partial charge >= 0.3 is 5.97 Å². The topological polar surface area (TPSA) is 77.7 Å². The predicted octanol–water partition coefficient (Wildman–Crippen LogP) is 2.14. The maximum Gasteiger partial charge on any atom is 0.338 e. The van der Waals surface area contributed by atoms with Crippen LogP contribution in [-0.2, 0) is 22.6 Å². The molecular weight excluding hydrogens is 322 g/mol. The van der Waals surface area contributed by atoms with Gasteiger partial charge in [0, 0.05) is 25.6 Å². The molecule has 0 unspecified atom stereocenters. The first-order valence-corrected chi connectivity index (χ1v) is 8.67. The third kappa shape index (κ3) is 4.05. The molecule has 1 saturated heterocycles. The van der Waals surface area contributed by atoms with Gasteiger partial charge in [-0.05, 0) is 24.5 Å². The number of ether oxygens (including phenoxy) is 2. The lowest BCUT2D eigenvalue weighted by Crippen LogP contribution is -2.36. The Morgan fingerprint density at radius 1 is 1.24 bits per heavy atom. The molecule has 2 fully saturated rings. The Hall–Kier alpha value is -2.25. The smallest absolute Gasteiger partial charge is 0.338 e. The van der Waals surface area contributed by atoms with E-state index in [0.717, 1.165) is 44.7 Å². The third-order valence-corrected chi connectivity index (χ3v) is 4.48. The number of benzene rings is 1. The van der Waals surface area contributed by atoms with E-state index in [2.05, 4.69) is 15.0 Å². The van der Waals surface area contributed by atoms with Crippen LogP contribution in [0.2, 0.25) is 0 Å². The van der Waals surface area contributed by atoms with Crippen molar-refractivity contribution in [3.8, 4) is 0 Å². The van der Waals surface area contributed by atoms with Gasteiger partial charge in [-0.2, -0.15) is 4.98 Å². The molecule has 1 aromatic heterocycles. The normalized spacial score (nSPS) is 18.2. The molecule has 1 saturated carbocycles. The lowest BCUT2D eigenvalue weighted by atomic mass is 10.1. The summed E-state index contributed by atoms with van der Waals surface area (Å²) in [6, 6.07) is 7.54. The molecule has 0 radical (unpaired) electrons. The lowest BCUT2D eigenvalue weighted by molar-refractivity contribution is 0.0333. The fourth-order valence-electron chi connectivity index (χ4n) is 2.89. The van der Waals surface area contributed by atoms with Crippen LogP contribution < -0.4 is 0 Å². The van der Waals surface area contributed by atoms with Crippen LogP contribution in [0.15, 0.2) is 28.8 Å². The van der Waals surface area contributed by atoms with Crippen molar-refractivity contribution in [3.05, 3.63) is 47.1 Å². The number of hydrogen-bond donors (Lipinski definition) is 0. The Morgan fingerprint density at radius 3 is 2.84 bits per heavy atom. The Bertz CT molecular complexity index is 735. The molecule has 132 valence electrons. The van der Waals surface area contributed by atoms with Gasteiger partial charge in [-0.1, -0.05) is 23.4 Å². The maximum absolute atomic E-state index is 12.5. The average Bonchev–Trinajstić information content (AvgIpc) is 3.39. The van der Waals surface area contributed by atoms with E-state index in [-0.39, 0.29) is 12.6 Å². The quantitative estimate of drug-likeness (QED) is 0.744. The first kappa shape index (κ1) is 16.2. The number of carbonyl (C=O) groups is 1. The zero-order chi connectivity index (χ0) is 17.1. The molecule has 0 amide bonds. The molecule has 0 N–H and O–H groups in total. The number of aromatic nitrogens is 2. The molecule has 4 rings (SSSR count). The highest BCUT2D eigenvalue weighted by molar-refractivity contribution is 5.91. The third-order valence-electron chi connectivity index (χ3n) is 4.48. The number of morpholine rings is 1. The van der Waals surface area contributed by atoms with Crippen LogP contribution in [0.3, 0.4) is 0 Å². The van der Waals surface area contributed by atoms with Gasteiger partial charge in [0.2, 0.25) is 11.7 Å². The first-order chi connectivity index (χ1) is 12.3. The Kier molecular flexibility index (Phi) is 4.76. The van der Waals surface area contributed by atoms with Crippen molar-refractivity contribution in [2.24, 2.45) is 0 Å². The molecule has 0 spiro atoms. The van der Waals surface area contributed by atoms with Crippen molar-refractivity contribution in [3.63, 3.8) is 0 Å². The van der Waals surface area contributed by atoms with Gasteiger partial charge in [0.1, 0.15) is 0 Å². The summed E-state index contributed by atoms with van der Waals surface area (Å²) in [6.07, 6.45) is 2.19. The van der Waals surface area contributed by atoms with Crippen LogP contribution in [0, 0.1) is 0 Å². The number of hydrogen-bond acceptors (Lipinski definition) is 7. The molecule has 2 aromatic rings. The molecule has 0 bridgehead atoms. The van der Waals surface area contributed by atoms with Gasteiger partial charge in [0.05, 0.1) is 18.8 Å². The minimum absolute atomic E-state index is 0.0287. The zero-order valence-corrected chi connectivity index (χ0v) is 14.0. The maximum atomic E-state index is 12.5. The van der Waals surface area contributed by atoms with Crippen molar-refractivity contribution in [1.29, 1.82) is 0 Å². The minimum Gasteiger partial charge on any atom is -0.454 e. The van der Waals surface area contributed by atoms with Gasteiger partial charge in [-0.15, -0.1) is 0 Å². The summed E-state index contributed by atoms with van der Waals surface area (Å²) in [5, 5.41) is 3.87. The Balaban J connectivity index is 1.38. The summed E-state index contributed by atoms with van der Waals surface area (Å²) >= 11 is 0. The highest BCUT2D eigenvalue weighted by Gasteiger charge is 2.29. The van der Waals surface area contributed by atoms with Crippen LogP contribution in [0.5, 0.6) is 0 Å². The molecule has 7 nitrogen and oxygen atoms in total. The number of esters is 1. The van der Waals surface area contributed by atoms with E-state index in [1.54, 1.807) is 6.07 Å². The molecule has 0 atom stereocenters. The lowest BCUT2D eigenvalue weighted by Gasteiger charge is -2.27. The average molecular weight is 343 g/mol. The SMILES string of the molecule is O=C(OCc1noc(C2CC2)n1)c1ccccc1CN1CCOCC1. The number of carbonyl (C=O) groups excluding carboxylic acids is 1. The summed E-state index contributed by atoms with van der Waals surface area (Å²) in [5.74, 6) is 1.10. The van der Waals surface area contributed by atoms with Crippen LogP contribution in [0.25, 0.3) is 0 Å². The largest absolute Gasteiger partial charge is 0.454 e. The summed E-state index contributed by atoms with van der Waals surface area (Å²) < 4.78 is 15.9. The molecular formula is C18H21N3O4. The highest BCUT2D eigenvalue weighted by Crippen LogP contribution is 2.38. The van der Waals surface area contributed by atoms with Crippen molar-refractivity contribution in [2.75, 3.05) is 26.3 Å². The zero-order valence-electron chi connectivity index (χ0n) is 14.0. The van der Waals surface area contributed by atoms with Crippen molar-refractivity contribution >= 4 is 5.97 Å². The molecule has 1 aliphatic carbocycles. The molecule has 7 heteroatoms. The van der Waals surface area contributed by atoms with Gasteiger partial charge in [0.25, 0.3) is 0 Å². The summed E-state index contributed by atoms with van der Waals surface area (Å²) in [5.41, 5.74) is 1.54. The predicted molar refractivity (Wildman–Crippen MR) is 87.9 cm³/mol. The van der Waals surface area contributed by atoms with E-state index >= 15 is 0 Å². The van der Waals surface area contributed by atoms with Crippen molar-refractivity contribution < 1.29 is 18.8 Å². The van der Waals surface area contributed by atoms with Crippen LogP contribution in [0.4, 0.5) is 0 Å². The van der Waals surface area contributed by atoms with Crippen LogP contribution in [-0.4, -0.2) is 47.3 Å². The fourth-order valence-corrected chi connectivity index (χ4v) is 2.89. The second-order valence-corrected chi connectivity index (χ2v) is 6.44. The van der Waals surface area contributed by atoms with E-state index in [9.17, 15) is 4.79 Å². The van der Waals surface area contributed by atoms with E-state index in [1.165, 1.54) is 0 Å². The fraction of sp³-hybridized carbons (Fsp3) is 0.500. The van der Waals surface area contributed by atoms with E-state index in [1.807, 2.05) is 18.2 Å². The summed E-state index contributed by atoms with van der Waals surface area (Å²) in [7, 11) is 0. The molecule has 2 aliphatic rings. The van der Waals surface area contributed by atoms with Crippen LogP contribution in [0.1, 0.15) is 46.4 Å². The molecule has 1 aliphatic heterocycles. The second-order valence-electron chi connectivity index (χ2n) is 6.44. The first-order valence-electron chi connectivity index (χ1n) is 8.67. The van der Waals surface area contributed by atoms with Gasteiger partial charge < -0.3 is 14.0 Å². The highest BCUT2D eigenvalue weighted by atomic mass is 16.5. The van der Waals surface area contributed by atoms with E-state index < -0.39 is 0 Å². The van der Waals surface area contributed by atoms with E-state index in [0.29, 0.717) is 29.7 Å². The molecule has 2 heterocycles. The van der Waals surface area contributed by atoms with Gasteiger partial charge in [-0.25, -0.2) is 4.79 Å². The molecule has 1 aromatic carbocycles. The number of nitrogens with zero attached hydrogens (tertiary/aromatic N) is 3. The van der Waals surface area contributed by atoms with Crippen molar-refractivity contribution in [1.82, 2.24) is 15.0 Å².